The zero-order chi connectivity index (χ0) is 19.7. The third kappa shape index (κ3) is 3.07. The van der Waals surface area contributed by atoms with Crippen molar-refractivity contribution in [3.63, 3.8) is 0 Å². The van der Waals surface area contributed by atoms with Gasteiger partial charge in [-0.05, 0) is 35.9 Å². The van der Waals surface area contributed by atoms with E-state index in [2.05, 4.69) is 5.48 Å². The molecule has 2 aromatic carbocycles. The minimum atomic E-state index is -1.46. The summed E-state index contributed by atoms with van der Waals surface area (Å²) in [6.07, 6.45) is 0. The van der Waals surface area contributed by atoms with Crippen molar-refractivity contribution in [3.05, 3.63) is 71.0 Å². The van der Waals surface area contributed by atoms with Crippen LogP contribution in [0.3, 0.4) is 0 Å². The summed E-state index contributed by atoms with van der Waals surface area (Å²) in [6, 6.07) is 15.8. The average Bonchev–Trinajstić information content (AvgIpc) is 3.19. The maximum atomic E-state index is 13.0. The first kappa shape index (κ1) is 18.3. The fourth-order valence-corrected chi connectivity index (χ4v) is 4.43. The molecular weight excluding hydrogens is 376 g/mol. The van der Waals surface area contributed by atoms with E-state index in [0.29, 0.717) is 11.5 Å². The van der Waals surface area contributed by atoms with Crippen molar-refractivity contribution in [1.82, 2.24) is 5.48 Å². The van der Waals surface area contributed by atoms with Crippen LogP contribution in [0.4, 0.5) is 0 Å². The Labute approximate surface area is 166 Å². The third-order valence-electron chi connectivity index (χ3n) is 4.78. The lowest BCUT2D eigenvalue weighted by molar-refractivity contribution is -0.120. The lowest BCUT2D eigenvalue weighted by Gasteiger charge is -2.22. The molecule has 28 heavy (non-hydrogen) atoms. The molecule has 2 atom stereocenters. The molecule has 0 saturated heterocycles. The van der Waals surface area contributed by atoms with Crippen LogP contribution < -0.4 is 10.2 Å². The summed E-state index contributed by atoms with van der Waals surface area (Å²) in [4.78, 5) is 32.3. The quantitative estimate of drug-likeness (QED) is 0.617. The van der Waals surface area contributed by atoms with E-state index in [0.717, 1.165) is 16.0 Å². The molecule has 7 heteroatoms. The number of ketones is 2. The summed E-state index contributed by atoms with van der Waals surface area (Å²) in [5.74, 6) is -1.41. The highest BCUT2D eigenvalue weighted by molar-refractivity contribution is 7.99. The predicted octanol–water partition coefficient (Wildman–Crippen LogP) is 3.22. The highest BCUT2D eigenvalue weighted by atomic mass is 32.2. The Morgan fingerprint density at radius 1 is 1.21 bits per heavy atom. The molecule has 0 bridgehead atoms. The van der Waals surface area contributed by atoms with E-state index in [-0.39, 0.29) is 17.4 Å². The first-order valence-corrected chi connectivity index (χ1v) is 9.62. The van der Waals surface area contributed by atoms with Crippen molar-refractivity contribution in [2.75, 3.05) is 12.9 Å². The van der Waals surface area contributed by atoms with Gasteiger partial charge in [0.2, 0.25) is 5.78 Å². The van der Waals surface area contributed by atoms with Crippen molar-refractivity contribution in [2.45, 2.75) is 10.9 Å². The number of carbonyl (C=O) groups excluding carboxylic acids is 2. The maximum absolute atomic E-state index is 13.0. The first-order chi connectivity index (χ1) is 13.6. The fourth-order valence-electron chi connectivity index (χ4n) is 3.29. The summed E-state index contributed by atoms with van der Waals surface area (Å²) in [7, 11) is 1.52. The fraction of sp³-hybridized carbons (Fsp3) is 0.190. The van der Waals surface area contributed by atoms with E-state index >= 15 is 0 Å². The van der Waals surface area contributed by atoms with Gasteiger partial charge >= 0.3 is 0 Å². The minimum absolute atomic E-state index is 0.0698. The van der Waals surface area contributed by atoms with E-state index in [9.17, 15) is 14.9 Å². The number of carbonyl (C=O) groups is 2. The molecule has 2 unspecified atom stereocenters. The first-order valence-electron chi connectivity index (χ1n) is 8.63. The van der Waals surface area contributed by atoms with Gasteiger partial charge in [0.05, 0.1) is 19.2 Å². The second-order valence-electron chi connectivity index (χ2n) is 6.35. The standard InChI is InChI=1S/C21H16N2O4S/c1-26-13-8-6-12(7-9-13)19(24)15(10-22)20(25)21-16-11-28-17-5-3-2-4-14(17)18(16)23-27-21/h2-9,15,18,23H,11H2,1H3. The van der Waals surface area contributed by atoms with Gasteiger partial charge in [-0.25, -0.2) is 0 Å². The van der Waals surface area contributed by atoms with Gasteiger partial charge in [0, 0.05) is 21.8 Å². The smallest absolute Gasteiger partial charge is 0.225 e. The second kappa shape index (κ2) is 7.50. The summed E-state index contributed by atoms with van der Waals surface area (Å²) in [5, 5.41) is 9.52. The zero-order valence-electron chi connectivity index (χ0n) is 15.0. The average molecular weight is 392 g/mol. The molecule has 140 valence electrons. The highest BCUT2D eigenvalue weighted by Crippen LogP contribution is 2.43. The number of nitrogens with zero attached hydrogens (tertiary/aromatic N) is 1. The Hall–Kier alpha value is -3.08. The number of ether oxygens (including phenoxy) is 1. The predicted molar refractivity (Wildman–Crippen MR) is 103 cm³/mol. The molecule has 0 saturated carbocycles. The number of hydroxylamine groups is 1. The molecule has 0 fully saturated rings. The van der Waals surface area contributed by atoms with Crippen molar-refractivity contribution in [2.24, 2.45) is 5.92 Å². The number of nitriles is 1. The Kier molecular flexibility index (Phi) is 4.90. The van der Waals surface area contributed by atoms with Gasteiger partial charge in [-0.3, -0.25) is 9.59 Å². The number of hydrogen-bond donors (Lipinski definition) is 1. The molecule has 4 rings (SSSR count). The van der Waals surface area contributed by atoms with Gasteiger partial charge < -0.3 is 9.57 Å². The third-order valence-corrected chi connectivity index (χ3v) is 5.92. The van der Waals surface area contributed by atoms with Crippen molar-refractivity contribution < 1.29 is 19.2 Å². The van der Waals surface area contributed by atoms with Crippen LogP contribution in [0, 0.1) is 17.2 Å². The monoisotopic (exact) mass is 392 g/mol. The number of allylic oxidation sites excluding steroid dienone is 1. The molecule has 0 aliphatic carbocycles. The number of fused-ring (bicyclic) bond motifs is 3. The second-order valence-corrected chi connectivity index (χ2v) is 7.37. The van der Waals surface area contributed by atoms with Crippen LogP contribution >= 0.6 is 11.8 Å². The van der Waals surface area contributed by atoms with Crippen LogP contribution in [0.1, 0.15) is 22.0 Å². The molecule has 2 aromatic rings. The van der Waals surface area contributed by atoms with Crippen LogP contribution in [0.15, 0.2) is 64.8 Å². The van der Waals surface area contributed by atoms with E-state index in [1.54, 1.807) is 36.0 Å². The Balaban J connectivity index is 1.62. The molecule has 2 heterocycles. The van der Waals surface area contributed by atoms with Crippen LogP contribution in [0.5, 0.6) is 5.75 Å². The summed E-state index contributed by atoms with van der Waals surface area (Å²) >= 11 is 1.60. The van der Waals surface area contributed by atoms with Gasteiger partial charge in [-0.15, -0.1) is 17.2 Å². The lowest BCUT2D eigenvalue weighted by Crippen LogP contribution is -2.25. The number of rotatable bonds is 5. The molecular formula is C21H16N2O4S. The van der Waals surface area contributed by atoms with Gasteiger partial charge in [0.15, 0.2) is 17.5 Å². The van der Waals surface area contributed by atoms with Gasteiger partial charge in [-0.2, -0.15) is 5.26 Å². The van der Waals surface area contributed by atoms with Gasteiger partial charge in [-0.1, -0.05) is 18.2 Å². The largest absolute Gasteiger partial charge is 0.497 e. The number of thioether (sulfide) groups is 1. The Bertz CT molecular complexity index is 1020. The van der Waals surface area contributed by atoms with Crippen LogP contribution in [-0.4, -0.2) is 24.4 Å². The van der Waals surface area contributed by atoms with E-state index < -0.39 is 17.5 Å². The molecule has 0 amide bonds. The number of benzene rings is 2. The number of Topliss-reactive ketones (excluding diaryl/α,β-unsaturated/α-hetero) is 2. The maximum Gasteiger partial charge on any atom is 0.225 e. The number of hydrogen-bond acceptors (Lipinski definition) is 7. The molecule has 0 aromatic heterocycles. The summed E-state index contributed by atoms with van der Waals surface area (Å²) in [5.41, 5.74) is 4.93. The number of methoxy groups -OCH3 is 1. The van der Waals surface area contributed by atoms with Crippen LogP contribution in [0.25, 0.3) is 0 Å². The van der Waals surface area contributed by atoms with Crippen molar-refractivity contribution >= 4 is 23.3 Å². The molecule has 0 spiro atoms. The Morgan fingerprint density at radius 2 is 1.96 bits per heavy atom. The topological polar surface area (TPSA) is 88.4 Å². The zero-order valence-corrected chi connectivity index (χ0v) is 15.8. The van der Waals surface area contributed by atoms with E-state index in [1.165, 1.54) is 7.11 Å². The molecule has 2 aliphatic rings. The van der Waals surface area contributed by atoms with Crippen LogP contribution in [-0.2, 0) is 9.63 Å². The highest BCUT2D eigenvalue weighted by Gasteiger charge is 2.40. The van der Waals surface area contributed by atoms with E-state index in [1.807, 2.05) is 30.3 Å². The van der Waals surface area contributed by atoms with Crippen molar-refractivity contribution in [1.29, 1.82) is 5.26 Å². The Morgan fingerprint density at radius 3 is 2.68 bits per heavy atom. The van der Waals surface area contributed by atoms with Gasteiger partial charge in [0.25, 0.3) is 0 Å². The van der Waals surface area contributed by atoms with Gasteiger partial charge in [0.1, 0.15) is 5.75 Å². The molecule has 6 nitrogen and oxygen atoms in total. The molecule has 2 aliphatic heterocycles. The minimum Gasteiger partial charge on any atom is -0.497 e. The van der Waals surface area contributed by atoms with Crippen molar-refractivity contribution in [3.8, 4) is 11.8 Å². The lowest BCUT2D eigenvalue weighted by atomic mass is 9.91. The SMILES string of the molecule is COc1ccc(C(=O)C(C#N)C(=O)C2=C3CSc4ccccc4C3NO2)cc1. The summed E-state index contributed by atoms with van der Waals surface area (Å²) in [6.45, 7) is 0. The summed E-state index contributed by atoms with van der Waals surface area (Å²) < 4.78 is 5.07. The number of nitrogens with one attached hydrogen (secondary N) is 1. The molecule has 1 N–H and O–H groups in total. The van der Waals surface area contributed by atoms with Crippen LogP contribution in [0.2, 0.25) is 0 Å². The van der Waals surface area contributed by atoms with E-state index in [4.69, 9.17) is 9.57 Å². The normalized spacial score (nSPS) is 18.4. The molecule has 0 radical (unpaired) electrons.